The quantitative estimate of drug-likeness (QED) is 0.681. The average Bonchev–Trinajstić information content (AvgIpc) is 3.17. The van der Waals surface area contributed by atoms with Gasteiger partial charge in [-0.3, -0.25) is 0 Å². The summed E-state index contributed by atoms with van der Waals surface area (Å²) in [5.74, 6) is 0.924. The molecule has 0 saturated carbocycles. The lowest BCUT2D eigenvalue weighted by molar-refractivity contribution is 0.123. The molecule has 0 bridgehead atoms. The van der Waals surface area contributed by atoms with Crippen molar-refractivity contribution in [1.82, 2.24) is 9.80 Å². The molecule has 3 rings (SSSR count). The molecule has 0 radical (unpaired) electrons. The number of furan rings is 1. The summed E-state index contributed by atoms with van der Waals surface area (Å²) in [6, 6.07) is 10.8. The van der Waals surface area contributed by atoms with Crippen molar-refractivity contribution in [3.8, 4) is 0 Å². The summed E-state index contributed by atoms with van der Waals surface area (Å²) >= 11 is 12.1. The lowest BCUT2D eigenvalue weighted by Crippen LogP contribution is -2.49. The number of halogens is 1. The number of benzene rings is 1. The molecule has 1 saturated heterocycles. The van der Waals surface area contributed by atoms with E-state index in [2.05, 4.69) is 29.0 Å². The Labute approximate surface area is 172 Å². The highest BCUT2D eigenvalue weighted by Gasteiger charge is 2.28. The van der Waals surface area contributed by atoms with Gasteiger partial charge in [-0.1, -0.05) is 17.7 Å². The van der Waals surface area contributed by atoms with E-state index < -0.39 is 0 Å². The lowest BCUT2D eigenvalue weighted by atomic mass is 10.0. The summed E-state index contributed by atoms with van der Waals surface area (Å²) < 4.78 is 5.60. The summed E-state index contributed by atoms with van der Waals surface area (Å²) in [7, 11) is 0. The Kier molecular flexibility index (Phi) is 6.79. The zero-order chi connectivity index (χ0) is 19.4. The third-order valence-corrected chi connectivity index (χ3v) is 6.09. The van der Waals surface area contributed by atoms with Crippen molar-refractivity contribution in [2.24, 2.45) is 0 Å². The highest BCUT2D eigenvalue weighted by Crippen LogP contribution is 2.26. The average molecular weight is 406 g/mol. The molecule has 4 nitrogen and oxygen atoms in total. The predicted octanol–water partition coefficient (Wildman–Crippen LogP) is 5.31. The van der Waals surface area contributed by atoms with Gasteiger partial charge in [-0.2, -0.15) is 0 Å². The van der Waals surface area contributed by atoms with Crippen LogP contribution in [0.25, 0.3) is 0 Å². The van der Waals surface area contributed by atoms with Gasteiger partial charge < -0.3 is 19.5 Å². The van der Waals surface area contributed by atoms with E-state index in [-0.39, 0.29) is 0 Å². The van der Waals surface area contributed by atoms with Crippen LogP contribution in [0.15, 0.2) is 41.0 Å². The Morgan fingerprint density at radius 3 is 2.67 bits per heavy atom. The molecule has 1 fully saturated rings. The minimum absolute atomic E-state index is 0.393. The van der Waals surface area contributed by atoms with Crippen molar-refractivity contribution in [3.63, 3.8) is 0 Å². The fourth-order valence-corrected chi connectivity index (χ4v) is 4.08. The van der Waals surface area contributed by atoms with Crippen LogP contribution >= 0.6 is 23.8 Å². The number of anilines is 1. The van der Waals surface area contributed by atoms with Gasteiger partial charge in [0.15, 0.2) is 5.11 Å². The minimum Gasteiger partial charge on any atom is -0.467 e. The van der Waals surface area contributed by atoms with E-state index in [0.29, 0.717) is 18.6 Å². The maximum Gasteiger partial charge on any atom is 0.174 e. The molecule has 1 aromatic heterocycles. The molecule has 1 aliphatic heterocycles. The first-order valence-electron chi connectivity index (χ1n) is 9.55. The molecule has 0 spiro atoms. The molecule has 2 heterocycles. The second kappa shape index (κ2) is 9.09. The van der Waals surface area contributed by atoms with Gasteiger partial charge in [0.05, 0.1) is 12.8 Å². The van der Waals surface area contributed by atoms with Gasteiger partial charge in [0.1, 0.15) is 5.76 Å². The fourth-order valence-electron chi connectivity index (χ4n) is 3.58. The van der Waals surface area contributed by atoms with Gasteiger partial charge in [0.2, 0.25) is 0 Å². The molecule has 0 atom stereocenters. The van der Waals surface area contributed by atoms with Crippen molar-refractivity contribution in [2.45, 2.75) is 52.2 Å². The Balaban J connectivity index is 1.75. The number of nitrogens with zero attached hydrogens (tertiary/aromatic N) is 2. The van der Waals surface area contributed by atoms with Crippen molar-refractivity contribution < 1.29 is 4.42 Å². The smallest absolute Gasteiger partial charge is 0.174 e. The number of likely N-dealkylation sites (tertiary alicyclic amines) is 1. The Morgan fingerprint density at radius 2 is 2.04 bits per heavy atom. The molecule has 1 N–H and O–H groups in total. The number of nitrogens with one attached hydrogen (secondary N) is 1. The molecule has 27 heavy (non-hydrogen) atoms. The first-order valence-corrected chi connectivity index (χ1v) is 10.3. The molecule has 146 valence electrons. The molecule has 0 aliphatic carbocycles. The number of hydrogen-bond donors (Lipinski definition) is 1. The maximum atomic E-state index is 6.27. The van der Waals surface area contributed by atoms with E-state index in [1.807, 2.05) is 37.3 Å². The summed E-state index contributed by atoms with van der Waals surface area (Å²) in [5.41, 5.74) is 1.96. The summed E-state index contributed by atoms with van der Waals surface area (Å²) in [6.07, 6.45) is 3.90. The zero-order valence-corrected chi connectivity index (χ0v) is 17.8. The van der Waals surface area contributed by atoms with Crippen LogP contribution < -0.4 is 5.32 Å². The van der Waals surface area contributed by atoms with Crippen LogP contribution in [0.2, 0.25) is 5.02 Å². The summed E-state index contributed by atoms with van der Waals surface area (Å²) in [6.45, 7) is 9.38. The summed E-state index contributed by atoms with van der Waals surface area (Å²) in [4.78, 5) is 4.80. The number of piperidine rings is 1. The highest BCUT2D eigenvalue weighted by atomic mass is 35.5. The number of thiocarbonyl (C=S) groups is 1. The van der Waals surface area contributed by atoms with Crippen LogP contribution in [0.5, 0.6) is 0 Å². The molecule has 1 aromatic carbocycles. The molecule has 6 heteroatoms. The first kappa shape index (κ1) is 20.2. The molecule has 1 aliphatic rings. The summed E-state index contributed by atoms with van der Waals surface area (Å²) in [5, 5.41) is 4.88. The van der Waals surface area contributed by atoms with Gasteiger partial charge in [-0.15, -0.1) is 0 Å². The number of rotatable bonds is 5. The molecular formula is C21H28ClN3OS. The standard InChI is InChI=1S/C21H28ClN3OS/c1-15(2)24-11-9-17(10-12-24)25(14-18-6-5-13-26-18)21(27)23-20-8-4-7-19(22)16(20)3/h4-8,13,15,17H,9-12,14H2,1-3H3,(H,23,27). The molecular weight excluding hydrogens is 378 g/mol. The normalized spacial score (nSPS) is 15.9. The highest BCUT2D eigenvalue weighted by molar-refractivity contribution is 7.80. The Morgan fingerprint density at radius 1 is 1.30 bits per heavy atom. The van der Waals surface area contributed by atoms with Crippen LogP contribution in [-0.2, 0) is 6.54 Å². The third-order valence-electron chi connectivity index (χ3n) is 5.35. The van der Waals surface area contributed by atoms with E-state index in [9.17, 15) is 0 Å². The predicted molar refractivity (Wildman–Crippen MR) is 116 cm³/mol. The van der Waals surface area contributed by atoms with Gasteiger partial charge in [-0.25, -0.2) is 0 Å². The van der Waals surface area contributed by atoms with Crippen LogP contribution in [0.3, 0.4) is 0 Å². The van der Waals surface area contributed by atoms with Gasteiger partial charge in [0.25, 0.3) is 0 Å². The first-order chi connectivity index (χ1) is 13.0. The van der Waals surface area contributed by atoms with E-state index in [0.717, 1.165) is 53.1 Å². The monoisotopic (exact) mass is 405 g/mol. The molecule has 0 unspecified atom stereocenters. The van der Waals surface area contributed by atoms with Crippen LogP contribution in [0.4, 0.5) is 5.69 Å². The second-order valence-corrected chi connectivity index (χ2v) is 8.20. The Bertz CT molecular complexity index is 755. The van der Waals surface area contributed by atoms with Crippen molar-refractivity contribution in [1.29, 1.82) is 0 Å². The van der Waals surface area contributed by atoms with E-state index >= 15 is 0 Å². The Hall–Kier alpha value is -1.56. The van der Waals surface area contributed by atoms with Gasteiger partial charge in [0, 0.05) is 35.9 Å². The maximum absolute atomic E-state index is 6.27. The molecule has 0 amide bonds. The topological polar surface area (TPSA) is 31.6 Å². The van der Waals surface area contributed by atoms with Crippen LogP contribution in [0.1, 0.15) is 38.0 Å². The SMILES string of the molecule is Cc1c(Cl)cccc1NC(=S)N(Cc1ccco1)C1CCN(C(C)C)CC1. The van der Waals surface area contributed by atoms with Crippen molar-refractivity contribution in [2.75, 3.05) is 18.4 Å². The van der Waals surface area contributed by atoms with Crippen molar-refractivity contribution in [3.05, 3.63) is 52.9 Å². The van der Waals surface area contributed by atoms with Crippen molar-refractivity contribution >= 4 is 34.6 Å². The molecule has 2 aromatic rings. The lowest BCUT2D eigenvalue weighted by Gasteiger charge is -2.41. The van der Waals surface area contributed by atoms with Gasteiger partial charge >= 0.3 is 0 Å². The van der Waals surface area contributed by atoms with Gasteiger partial charge in [-0.05, 0) is 75.7 Å². The second-order valence-electron chi connectivity index (χ2n) is 7.41. The third kappa shape index (κ3) is 5.03. The fraction of sp³-hybridized carbons (Fsp3) is 0.476. The van der Waals surface area contributed by atoms with E-state index in [1.54, 1.807) is 6.26 Å². The van der Waals surface area contributed by atoms with Crippen LogP contribution in [0, 0.1) is 6.92 Å². The van der Waals surface area contributed by atoms with E-state index in [1.165, 1.54) is 0 Å². The number of hydrogen-bond acceptors (Lipinski definition) is 3. The van der Waals surface area contributed by atoms with E-state index in [4.69, 9.17) is 28.2 Å². The van der Waals surface area contributed by atoms with Crippen LogP contribution in [-0.4, -0.2) is 40.1 Å². The largest absolute Gasteiger partial charge is 0.467 e. The zero-order valence-electron chi connectivity index (χ0n) is 16.2. The minimum atomic E-state index is 0.393.